The van der Waals surface area contributed by atoms with Crippen molar-refractivity contribution in [2.24, 2.45) is 0 Å². The number of aliphatic hydroxyl groups excluding tert-OH is 1. The first-order valence-electron chi connectivity index (χ1n) is 46.8. The van der Waals surface area contributed by atoms with E-state index in [1.165, 1.54) is 80.8 Å². The number of aliphatic carboxylic acids is 1. The topological polar surface area (TPSA) is 768 Å². The Morgan fingerprint density at radius 1 is 0.412 bits per heavy atom. The SMILES string of the molecule is CC[C@H]1O[C@@H](n2cc(C)c(=O)[nH]c2=O)C[C@H]1n1cc(CNC(=O)OC[C@H]2O[C@@H](n3cc(C)c(=O)[nH]c3=O)C[C@H]2O)nn1.CC[C@H]1O[C@@H](n2cc(C)c(=O)[nH]c2=O)C[C@H]1n1cc(CNC(=O)OC[C@H]2O[C@@H](n3cc(C)c(=O)[nH]c3=O)C[C@H]2OC(=O)CCC(=O)O)nn1.CC[C@H]1O[C@@H](n2cc(C)c(=O)[nH]c2=O)C[C@H]1n1cc(CNC(=O)OC[C@H]2O[C@@H](n3cc(C)c(=O)[nH]c3=O)C[C@H]2OC(C)=O)nn1.C[O-].O=C1CCC(=O)O1.[2H]CF.[Na+]. The Morgan fingerprint density at radius 3 is 0.932 bits per heavy atom. The van der Waals surface area contributed by atoms with Crippen LogP contribution in [-0.4, -0.2) is 250 Å². The predicted octanol–water partition coefficient (Wildman–Crippen LogP) is -5.27. The van der Waals surface area contributed by atoms with Gasteiger partial charge >= 0.3 is 112 Å². The van der Waals surface area contributed by atoms with Crippen LogP contribution in [0.15, 0.2) is 113 Å². The van der Waals surface area contributed by atoms with E-state index < -0.39 is 216 Å². The number of alkyl halides is 1. The molecule has 0 radical (unpaired) electrons. The van der Waals surface area contributed by atoms with E-state index >= 15 is 0 Å². The molecule has 0 bridgehead atoms. The number of hydrogen-bond acceptors (Lipinski definition) is 40. The molecule has 7 fully saturated rings. The summed E-state index contributed by atoms with van der Waals surface area (Å²) >= 11 is 0. The Morgan fingerprint density at radius 2 is 0.669 bits per heavy atom. The molecule has 18 atom stereocenters. The summed E-state index contributed by atoms with van der Waals surface area (Å²) in [7, 11) is -0.250. The molecule has 0 saturated carbocycles. The zero-order valence-corrected chi connectivity index (χ0v) is 84.2. The number of hydrogen-bond donors (Lipinski definition) is 11. The Hall–Kier alpha value is -14.5. The number of amides is 3. The number of H-pyrrole nitrogens is 6. The first-order valence-corrected chi connectivity index (χ1v) is 46.0. The second-order valence-corrected chi connectivity index (χ2v) is 34.4. The summed E-state index contributed by atoms with van der Waals surface area (Å²) in [5.41, 5.74) is -3.51. The smallest absolute Gasteiger partial charge is 0.857 e. The molecule has 148 heavy (non-hydrogen) atoms. The van der Waals surface area contributed by atoms with Gasteiger partial charge in [-0.1, -0.05) is 36.4 Å². The van der Waals surface area contributed by atoms with Crippen molar-refractivity contribution in [3.63, 3.8) is 0 Å². The van der Waals surface area contributed by atoms with E-state index in [1.807, 2.05) is 20.8 Å². The van der Waals surface area contributed by atoms with Crippen LogP contribution in [0.2, 0.25) is 0 Å². The molecule has 3 amide bonds. The molecule has 0 aromatic carbocycles. The van der Waals surface area contributed by atoms with Crippen molar-refractivity contribution >= 4 is 48.1 Å². The number of aliphatic hydroxyl groups is 1. The van der Waals surface area contributed by atoms with Crippen LogP contribution in [0.5, 0.6) is 0 Å². The number of nitrogens with one attached hydrogen (secondary N) is 9. The maximum absolute atomic E-state index is 12.6. The number of alkyl carbamates (subject to hydrolysis) is 3. The average molecular weight is 2100 g/mol. The van der Waals surface area contributed by atoms with Crippen molar-refractivity contribution in [2.75, 3.05) is 34.1 Å². The summed E-state index contributed by atoms with van der Waals surface area (Å²) in [4.78, 5) is 250. The quantitative estimate of drug-likeness (QED) is 0.00903. The second kappa shape index (κ2) is 52.7. The van der Waals surface area contributed by atoms with Crippen LogP contribution >= 0.6 is 0 Å². The van der Waals surface area contributed by atoms with E-state index in [-0.39, 0.29) is 137 Å². The fraction of sp³-hybridized carbons (Fsp3) is 0.563. The Balaban J connectivity index is 0.000000216. The molecule has 7 aliphatic rings. The van der Waals surface area contributed by atoms with Gasteiger partial charge in [-0.25, -0.2) is 57.2 Å². The van der Waals surface area contributed by atoms with Crippen molar-refractivity contribution < 1.29 is 146 Å². The Labute approximate surface area is 856 Å². The molecule has 798 valence electrons. The molecule has 59 nitrogen and oxygen atoms in total. The number of aryl methyl sites for hydroxylation is 6. The summed E-state index contributed by atoms with van der Waals surface area (Å²) in [5.74, 6) is -3.37. The van der Waals surface area contributed by atoms with Gasteiger partial charge in [0.25, 0.3) is 33.4 Å². The van der Waals surface area contributed by atoms with Crippen LogP contribution in [-0.2, 0) is 100 Å². The summed E-state index contributed by atoms with van der Waals surface area (Å²) in [6.07, 6.45) is 2.87. The summed E-state index contributed by atoms with van der Waals surface area (Å²) in [5, 5.41) is 60.1. The van der Waals surface area contributed by atoms with E-state index in [4.69, 9.17) is 63.7 Å². The van der Waals surface area contributed by atoms with Crippen molar-refractivity contribution in [1.29, 1.82) is 0 Å². The van der Waals surface area contributed by atoms with Gasteiger partial charge in [0.15, 0.2) is 0 Å². The van der Waals surface area contributed by atoms with Crippen molar-refractivity contribution in [3.05, 3.63) is 231 Å². The van der Waals surface area contributed by atoms with E-state index in [0.717, 1.165) is 11.7 Å². The number of nitrogens with zero attached hydrogens (tertiary/aromatic N) is 15. The van der Waals surface area contributed by atoms with Crippen LogP contribution in [0.25, 0.3) is 0 Å². The number of aromatic nitrogens is 21. The molecular weight excluding hydrogens is 1980 g/mol. The number of esters is 4. The van der Waals surface area contributed by atoms with E-state index in [1.54, 1.807) is 60.3 Å². The fourth-order valence-corrected chi connectivity index (χ4v) is 16.6. The minimum absolute atomic E-state index is 0. The van der Waals surface area contributed by atoms with Gasteiger partial charge in [0, 0.05) is 116 Å². The minimum Gasteiger partial charge on any atom is -0.857 e. The van der Waals surface area contributed by atoms with Crippen LogP contribution in [0, 0.1) is 41.5 Å². The minimum atomic E-state index is -1.19. The molecule has 9 aromatic rings. The number of carboxylic acid groups (broad SMARTS) is 1. The largest absolute Gasteiger partial charge is 1.00 e. The van der Waals surface area contributed by atoms with Crippen molar-refractivity contribution in [2.45, 2.75) is 283 Å². The number of ether oxygens (including phenoxy) is 12. The van der Waals surface area contributed by atoms with Crippen molar-refractivity contribution in [1.82, 2.24) is 118 Å². The van der Waals surface area contributed by atoms with Crippen molar-refractivity contribution in [3.8, 4) is 0 Å². The van der Waals surface area contributed by atoms with Gasteiger partial charge < -0.3 is 88.1 Å². The third kappa shape index (κ3) is 29.7. The molecule has 16 heterocycles. The van der Waals surface area contributed by atoms with Gasteiger partial charge in [0.05, 0.1) is 115 Å². The third-order valence-corrected chi connectivity index (χ3v) is 24.1. The molecule has 0 spiro atoms. The molecule has 7 aliphatic heterocycles. The van der Waals surface area contributed by atoms with Crippen LogP contribution in [0.3, 0.4) is 0 Å². The third-order valence-electron chi connectivity index (χ3n) is 24.1. The second-order valence-electron chi connectivity index (χ2n) is 34.4. The Kier molecular flexibility index (Phi) is 40.5. The molecule has 0 aliphatic carbocycles. The summed E-state index contributed by atoms with van der Waals surface area (Å²) < 4.78 is 94.3. The zero-order chi connectivity index (χ0) is 108. The first kappa shape index (κ1) is 114. The number of halogens is 1. The maximum Gasteiger partial charge on any atom is 1.00 e. The molecule has 0 unspecified atom stereocenters. The number of cyclic esters (lactones) is 2. The molecule has 16 rings (SSSR count). The van der Waals surface area contributed by atoms with E-state index in [0.29, 0.717) is 83.4 Å². The predicted molar refractivity (Wildman–Crippen MR) is 492 cm³/mol. The van der Waals surface area contributed by atoms with Gasteiger partial charge in [-0.15, -0.1) is 15.3 Å². The summed E-state index contributed by atoms with van der Waals surface area (Å²) in [6, 6.07) is -0.777. The van der Waals surface area contributed by atoms with Crippen LogP contribution in [0.4, 0.5) is 18.8 Å². The van der Waals surface area contributed by atoms with E-state index in [9.17, 15) is 105 Å². The first-order chi connectivity index (χ1) is 70.5. The number of carboxylic acids is 1. The molecule has 11 N–H and O–H groups in total. The van der Waals surface area contributed by atoms with Gasteiger partial charge in [-0.2, -0.15) is 7.11 Å². The Bertz CT molecular complexity index is 7020. The molecular formula is C87H112FN24NaO35. The average Bonchev–Trinajstić information content (AvgIpc) is 1.64. The number of carbonyl (C=O) groups excluding carboxylic acids is 7. The van der Waals surface area contributed by atoms with Gasteiger partial charge in [0.1, 0.15) is 105 Å². The van der Waals surface area contributed by atoms with Gasteiger partial charge in [0.2, 0.25) is 0 Å². The number of aromatic amines is 6. The van der Waals surface area contributed by atoms with Crippen LogP contribution in [0.1, 0.15) is 218 Å². The number of rotatable bonds is 29. The standard InChI is InChI=1S/C29H36N8O12.C27H34N8O10.C25H32N8O9.C4H4O3.CH3F.CH3O.Na/c1-4-18-17(7-21(47-18)35-10-14(2)25(41)31-27(35)43)37-12-16(33-34-37)9-30-29(45)46-13-20-19(49-24(40)6-5-23(38)39)8-22(48-20)36-11-15(3)26(42)32-28(36)44;1-5-18-17(6-21(44-18)33-9-13(2)23(37)29-25(33)39)35-11-16(31-32-35)8-28-27(41)42-12-20-19(43-15(4)36)7-22(45-20)34-10-14(3)24(38)30-26(34)40;1-4-17-15(5-19(41-17)31-8-12(2)21(35)27-23(31)37)33-10-14(29-30-33)7-26-25(39)40-11-18-16(34)6-20(42-18)32-9-13(3)22(36)28-24(32)38;5-3-1-2-4(6)7-3;2*1-2;/h10-12,17-22H,4-9,13H2,1-3H3,(H,30,45)(H,38,39)(H,31,41,43)(H,32,42,44);9-11,17-22H,5-8,12H2,1-4H3,(H,28,41)(H,29,37,39)(H,30,38,40);8-10,15-20,34H,4-7,11H2,1-3H3,(H,26,39)(H,27,35,37)(H,28,36,38);1-2H2;2*1H3;/q;;;;;-1;+1/t2*17-,18-,19-,20-,21-,22-;15-,16-,17-,18-,19-,20-;;;;/m111..../s1/i;;;;1D;;. The maximum atomic E-state index is 12.6. The monoisotopic (exact) mass is 2100 g/mol. The fourth-order valence-electron chi connectivity index (χ4n) is 16.6. The molecule has 7 saturated heterocycles. The number of carbonyl (C=O) groups is 8. The van der Waals surface area contributed by atoms with Gasteiger partial charge in [-0.3, -0.25) is 114 Å². The normalized spacial score (nSPS) is 23.5. The van der Waals surface area contributed by atoms with Crippen LogP contribution < -0.4 is 118 Å². The molecule has 61 heteroatoms. The van der Waals surface area contributed by atoms with E-state index in [2.05, 4.69) is 81.5 Å². The molecule has 9 aromatic heterocycles. The zero-order valence-electron chi connectivity index (χ0n) is 83.2. The van der Waals surface area contributed by atoms with Gasteiger partial charge in [-0.05, 0) is 60.8 Å². The summed E-state index contributed by atoms with van der Waals surface area (Å²) in [6.45, 7) is 15.4.